The quantitative estimate of drug-likeness (QED) is 0.575. The van der Waals surface area contributed by atoms with E-state index in [2.05, 4.69) is 19.9 Å². The third kappa shape index (κ3) is 2.91. The summed E-state index contributed by atoms with van der Waals surface area (Å²) in [6.45, 7) is 0. The fourth-order valence-corrected chi connectivity index (χ4v) is 3.33. The molecule has 0 aliphatic rings. The van der Waals surface area contributed by atoms with Crippen molar-refractivity contribution >= 4 is 26.7 Å². The minimum atomic E-state index is -3.31. The van der Waals surface area contributed by atoms with Crippen molar-refractivity contribution in [3.8, 4) is 22.8 Å². The first-order valence-electron chi connectivity index (χ1n) is 7.80. The van der Waals surface area contributed by atoms with Gasteiger partial charge in [0.05, 0.1) is 27.8 Å². The van der Waals surface area contributed by atoms with Crippen LogP contribution in [0.4, 0.5) is 5.82 Å². The zero-order valence-electron chi connectivity index (χ0n) is 13.8. The number of aromatic nitrogens is 4. The molecule has 8 heteroatoms. The Morgan fingerprint density at radius 2 is 1.88 bits per heavy atom. The van der Waals surface area contributed by atoms with Crippen molar-refractivity contribution in [2.75, 3.05) is 12.0 Å². The summed E-state index contributed by atoms with van der Waals surface area (Å²) in [5.41, 5.74) is 9.23. The molecule has 2 heterocycles. The maximum Gasteiger partial charge on any atom is 0.175 e. The number of H-pyrrole nitrogens is 1. The van der Waals surface area contributed by atoms with E-state index in [9.17, 15) is 8.42 Å². The van der Waals surface area contributed by atoms with Gasteiger partial charge in [0.15, 0.2) is 21.5 Å². The summed E-state index contributed by atoms with van der Waals surface area (Å²) in [5.74, 6) is 0.754. The van der Waals surface area contributed by atoms with E-state index in [1.165, 1.54) is 12.5 Å². The number of sulfone groups is 1. The molecule has 0 fully saturated rings. The number of nitrogens with one attached hydrogen (secondary N) is 1. The van der Waals surface area contributed by atoms with Gasteiger partial charge in [0.2, 0.25) is 0 Å². The van der Waals surface area contributed by atoms with E-state index >= 15 is 0 Å². The molecule has 0 aliphatic heterocycles. The number of aromatic amines is 1. The van der Waals surface area contributed by atoms with Crippen LogP contribution in [0.1, 0.15) is 1.43 Å². The van der Waals surface area contributed by atoms with Gasteiger partial charge in [-0.15, -0.1) is 0 Å². The van der Waals surface area contributed by atoms with Gasteiger partial charge in [-0.2, -0.15) is 0 Å². The van der Waals surface area contributed by atoms with Crippen LogP contribution < -0.4 is 5.73 Å². The zero-order chi connectivity index (χ0) is 18.3. The minimum absolute atomic E-state index is 0. The highest BCUT2D eigenvalue weighted by atomic mass is 32.2. The zero-order valence-corrected chi connectivity index (χ0v) is 14.7. The molecule has 0 saturated carbocycles. The molecular weight excluding hydrogens is 350 g/mol. The fourth-order valence-electron chi connectivity index (χ4n) is 2.66. The van der Waals surface area contributed by atoms with Gasteiger partial charge in [-0.05, 0) is 24.3 Å². The number of para-hydroxylation sites is 2. The summed E-state index contributed by atoms with van der Waals surface area (Å²) in [4.78, 5) is 16.7. The van der Waals surface area contributed by atoms with Crippen LogP contribution in [0.15, 0.2) is 59.6 Å². The summed E-state index contributed by atoms with van der Waals surface area (Å²) in [7, 11) is -3.31. The van der Waals surface area contributed by atoms with E-state index in [-0.39, 0.29) is 12.1 Å². The van der Waals surface area contributed by atoms with Gasteiger partial charge in [0.1, 0.15) is 5.69 Å². The molecule has 0 spiro atoms. The van der Waals surface area contributed by atoms with Crippen molar-refractivity contribution in [2.45, 2.75) is 4.90 Å². The number of rotatable bonds is 3. The Bertz CT molecular complexity index is 1200. The highest BCUT2D eigenvalue weighted by Crippen LogP contribution is 2.27. The maximum atomic E-state index is 11.8. The molecule has 26 heavy (non-hydrogen) atoms. The van der Waals surface area contributed by atoms with Crippen LogP contribution in [0.5, 0.6) is 0 Å². The highest BCUT2D eigenvalue weighted by molar-refractivity contribution is 7.90. The minimum Gasteiger partial charge on any atom is -0.382 e. The standard InChI is InChI=1S/C18H15N5O2S.H2/c1-26(24,25)12-6-4-5-11(9-12)15-10-20-17(19)16(21-15)18-22-13-7-2-3-8-14(13)23-18;/h2-10H,1H3,(H2,19,20)(H,22,23);1H. The molecule has 2 aromatic carbocycles. The number of imidazole rings is 1. The van der Waals surface area contributed by atoms with Crippen molar-refractivity contribution in [3.05, 3.63) is 54.7 Å². The number of hydrogen-bond donors (Lipinski definition) is 2. The lowest BCUT2D eigenvalue weighted by atomic mass is 10.1. The molecule has 3 N–H and O–H groups in total. The molecule has 4 rings (SSSR count). The summed E-state index contributed by atoms with van der Waals surface area (Å²) >= 11 is 0. The van der Waals surface area contributed by atoms with E-state index in [1.54, 1.807) is 24.3 Å². The van der Waals surface area contributed by atoms with Gasteiger partial charge in [-0.25, -0.2) is 23.4 Å². The van der Waals surface area contributed by atoms with Gasteiger partial charge in [-0.1, -0.05) is 24.3 Å². The topological polar surface area (TPSA) is 115 Å². The second-order valence-electron chi connectivity index (χ2n) is 5.89. The van der Waals surface area contributed by atoms with Crippen molar-refractivity contribution in [1.29, 1.82) is 0 Å². The van der Waals surface area contributed by atoms with E-state index in [1.807, 2.05) is 24.3 Å². The van der Waals surface area contributed by atoms with E-state index in [0.717, 1.165) is 11.0 Å². The first-order valence-corrected chi connectivity index (χ1v) is 9.69. The molecule has 0 bridgehead atoms. The summed E-state index contributed by atoms with van der Waals surface area (Å²) in [5, 5.41) is 0. The van der Waals surface area contributed by atoms with Crippen LogP contribution in [0, 0.1) is 0 Å². The molecule has 0 saturated heterocycles. The summed E-state index contributed by atoms with van der Waals surface area (Å²) in [6.07, 6.45) is 2.68. The third-order valence-corrected chi connectivity index (χ3v) is 5.08. The molecule has 2 aromatic heterocycles. The van der Waals surface area contributed by atoms with Crippen LogP contribution in [-0.4, -0.2) is 34.6 Å². The second-order valence-corrected chi connectivity index (χ2v) is 7.91. The van der Waals surface area contributed by atoms with Crippen LogP contribution in [0.2, 0.25) is 0 Å². The van der Waals surface area contributed by atoms with Crippen molar-refractivity contribution in [1.82, 2.24) is 19.9 Å². The maximum absolute atomic E-state index is 11.8. The summed E-state index contributed by atoms with van der Waals surface area (Å²) < 4.78 is 23.6. The third-order valence-electron chi connectivity index (χ3n) is 3.97. The molecule has 0 radical (unpaired) electrons. The molecule has 0 unspecified atom stereocenters. The summed E-state index contributed by atoms with van der Waals surface area (Å²) in [6, 6.07) is 14.2. The van der Waals surface area contributed by atoms with E-state index in [0.29, 0.717) is 22.8 Å². The SMILES string of the molecule is CS(=O)(=O)c1cccc(-c2cnc(N)c(-c3nc4ccccc4[nH]3)n2)c1.[HH]. The lowest BCUT2D eigenvalue weighted by molar-refractivity contribution is 0.602. The fraction of sp³-hybridized carbons (Fsp3) is 0.0556. The number of nitrogens with zero attached hydrogens (tertiary/aromatic N) is 3. The van der Waals surface area contributed by atoms with Gasteiger partial charge >= 0.3 is 0 Å². The van der Waals surface area contributed by atoms with Crippen LogP contribution in [0.3, 0.4) is 0 Å². The first-order chi connectivity index (χ1) is 12.4. The number of benzene rings is 2. The molecule has 4 aromatic rings. The largest absolute Gasteiger partial charge is 0.382 e. The van der Waals surface area contributed by atoms with E-state index < -0.39 is 9.84 Å². The van der Waals surface area contributed by atoms with Crippen molar-refractivity contribution in [3.63, 3.8) is 0 Å². The Hall–Kier alpha value is -3.26. The first kappa shape index (κ1) is 16.2. The van der Waals surface area contributed by atoms with Crippen LogP contribution in [-0.2, 0) is 9.84 Å². The number of anilines is 1. The Labute approximate surface area is 151 Å². The average Bonchev–Trinajstić information content (AvgIpc) is 3.05. The lowest BCUT2D eigenvalue weighted by Crippen LogP contribution is -2.01. The van der Waals surface area contributed by atoms with Gasteiger partial charge in [0.25, 0.3) is 0 Å². The lowest BCUT2D eigenvalue weighted by Gasteiger charge is -2.06. The molecular formula is C18H17N5O2S. The molecule has 0 atom stereocenters. The monoisotopic (exact) mass is 367 g/mol. The predicted molar refractivity (Wildman–Crippen MR) is 102 cm³/mol. The molecule has 7 nitrogen and oxygen atoms in total. The Morgan fingerprint density at radius 3 is 2.65 bits per heavy atom. The normalized spacial score (nSPS) is 11.7. The Kier molecular flexibility index (Phi) is 3.69. The second kappa shape index (κ2) is 5.92. The molecule has 0 amide bonds. The van der Waals surface area contributed by atoms with Crippen molar-refractivity contribution < 1.29 is 9.84 Å². The van der Waals surface area contributed by atoms with Crippen LogP contribution >= 0.6 is 0 Å². The number of hydrogen-bond acceptors (Lipinski definition) is 6. The predicted octanol–water partition coefficient (Wildman–Crippen LogP) is 2.92. The van der Waals surface area contributed by atoms with Gasteiger partial charge < -0.3 is 10.7 Å². The highest BCUT2D eigenvalue weighted by Gasteiger charge is 2.14. The Morgan fingerprint density at radius 1 is 1.08 bits per heavy atom. The smallest absolute Gasteiger partial charge is 0.175 e. The molecule has 0 aliphatic carbocycles. The van der Waals surface area contributed by atoms with Crippen LogP contribution in [0.25, 0.3) is 33.8 Å². The van der Waals surface area contributed by atoms with Gasteiger partial charge in [-0.3, -0.25) is 0 Å². The number of nitrogens with two attached hydrogens (primary N) is 1. The van der Waals surface area contributed by atoms with E-state index in [4.69, 9.17) is 5.73 Å². The Balaban J connectivity index is 0.00000210. The number of fused-ring (bicyclic) bond motifs is 1. The molecule has 132 valence electrons. The van der Waals surface area contributed by atoms with Gasteiger partial charge in [0, 0.05) is 13.2 Å². The van der Waals surface area contributed by atoms with Crippen molar-refractivity contribution in [2.24, 2.45) is 0 Å². The average molecular weight is 367 g/mol. The number of nitrogen functional groups attached to an aromatic ring is 1.